The van der Waals surface area contributed by atoms with Gasteiger partial charge in [0.2, 0.25) is 0 Å². The predicted octanol–water partition coefficient (Wildman–Crippen LogP) is -0.302. The summed E-state index contributed by atoms with van der Waals surface area (Å²) in [4.78, 5) is 16.6. The molecule has 0 aliphatic carbocycles. The minimum absolute atomic E-state index is 0.968. The van der Waals surface area contributed by atoms with Crippen molar-refractivity contribution < 1.29 is 0 Å². The third kappa shape index (κ3) is 2.10. The SMILES string of the molecule is C1N2CN3CN1CN(C2)C3.Cc1ncc[nH]1. The van der Waals surface area contributed by atoms with Crippen LogP contribution >= 0.6 is 0 Å². The number of aromatic nitrogens is 2. The highest BCUT2D eigenvalue weighted by Crippen LogP contribution is 2.20. The molecule has 4 saturated heterocycles. The van der Waals surface area contributed by atoms with Crippen molar-refractivity contribution in [2.75, 3.05) is 40.0 Å². The molecule has 1 N–H and O–H groups in total. The molecule has 16 heavy (non-hydrogen) atoms. The topological polar surface area (TPSA) is 41.6 Å². The summed E-state index contributed by atoms with van der Waals surface area (Å²) in [5, 5.41) is 0. The van der Waals surface area contributed by atoms with Crippen molar-refractivity contribution in [1.82, 2.24) is 29.6 Å². The van der Waals surface area contributed by atoms with E-state index in [2.05, 4.69) is 29.6 Å². The molecule has 6 heteroatoms. The van der Waals surface area contributed by atoms with Crippen LogP contribution in [0.3, 0.4) is 0 Å². The van der Waals surface area contributed by atoms with E-state index in [0.29, 0.717) is 0 Å². The smallest absolute Gasteiger partial charge is 0.102 e. The number of aryl methyl sites for hydroxylation is 1. The molecule has 5 heterocycles. The molecule has 88 valence electrons. The summed E-state index contributed by atoms with van der Waals surface area (Å²) in [6, 6.07) is 0. The fraction of sp³-hybridized carbons (Fsp3) is 0.700. The van der Waals surface area contributed by atoms with Crippen LogP contribution < -0.4 is 0 Å². The Kier molecular flexibility index (Phi) is 2.64. The number of aromatic amines is 1. The number of hydrogen-bond donors (Lipinski definition) is 1. The van der Waals surface area contributed by atoms with Crippen molar-refractivity contribution in [3.8, 4) is 0 Å². The molecule has 1 aromatic rings. The number of rotatable bonds is 0. The van der Waals surface area contributed by atoms with Gasteiger partial charge < -0.3 is 4.98 Å². The number of hydrogen-bond acceptors (Lipinski definition) is 5. The van der Waals surface area contributed by atoms with E-state index in [1.807, 2.05) is 6.92 Å². The second-order valence-electron chi connectivity index (χ2n) is 4.71. The standard InChI is InChI=1S/C6H12N4.C4H6N2/c1-7-2-9-4-8(1)5-10(3-7)6-9;1-4-5-2-3-6-4/h1-6H2;2-3H,1H3,(H,5,6). The second-order valence-corrected chi connectivity index (χ2v) is 4.71. The Morgan fingerprint density at radius 2 is 1.38 bits per heavy atom. The molecule has 0 unspecified atom stereocenters. The van der Waals surface area contributed by atoms with Crippen LogP contribution in [0.4, 0.5) is 0 Å². The van der Waals surface area contributed by atoms with Gasteiger partial charge in [-0.2, -0.15) is 0 Å². The lowest BCUT2D eigenvalue weighted by Gasteiger charge is -2.56. The molecule has 0 saturated carbocycles. The van der Waals surface area contributed by atoms with E-state index in [9.17, 15) is 0 Å². The highest BCUT2D eigenvalue weighted by Gasteiger charge is 2.36. The van der Waals surface area contributed by atoms with Gasteiger partial charge in [-0.1, -0.05) is 0 Å². The Balaban J connectivity index is 0.000000117. The summed E-state index contributed by atoms with van der Waals surface area (Å²) in [5.74, 6) is 0.968. The van der Waals surface area contributed by atoms with Gasteiger partial charge >= 0.3 is 0 Å². The van der Waals surface area contributed by atoms with Crippen LogP contribution in [0.2, 0.25) is 0 Å². The number of H-pyrrole nitrogens is 1. The average Bonchev–Trinajstić information content (AvgIpc) is 2.67. The van der Waals surface area contributed by atoms with Crippen molar-refractivity contribution in [2.24, 2.45) is 0 Å². The van der Waals surface area contributed by atoms with E-state index in [1.165, 1.54) is 40.0 Å². The minimum Gasteiger partial charge on any atom is -0.349 e. The second kappa shape index (κ2) is 4.14. The van der Waals surface area contributed by atoms with Crippen LogP contribution in [0.1, 0.15) is 5.82 Å². The first-order valence-electron chi connectivity index (χ1n) is 5.65. The fourth-order valence-electron chi connectivity index (χ4n) is 2.58. The molecule has 4 aliphatic heterocycles. The lowest BCUT2D eigenvalue weighted by molar-refractivity contribution is -0.194. The molecule has 4 aliphatic rings. The van der Waals surface area contributed by atoms with Crippen LogP contribution in [0.15, 0.2) is 12.4 Å². The van der Waals surface area contributed by atoms with Crippen LogP contribution in [0, 0.1) is 6.92 Å². The maximum Gasteiger partial charge on any atom is 0.102 e. The van der Waals surface area contributed by atoms with E-state index < -0.39 is 0 Å². The van der Waals surface area contributed by atoms with Gasteiger partial charge in [-0.05, 0) is 6.92 Å². The Hall–Kier alpha value is -0.950. The van der Waals surface area contributed by atoms with E-state index >= 15 is 0 Å². The van der Waals surface area contributed by atoms with Crippen molar-refractivity contribution in [2.45, 2.75) is 6.92 Å². The van der Waals surface area contributed by atoms with Gasteiger partial charge in [0.1, 0.15) is 5.82 Å². The summed E-state index contributed by atoms with van der Waals surface area (Å²) in [7, 11) is 0. The first-order valence-corrected chi connectivity index (χ1v) is 5.65. The third-order valence-corrected chi connectivity index (χ3v) is 3.03. The third-order valence-electron chi connectivity index (χ3n) is 3.03. The maximum atomic E-state index is 3.86. The molecule has 5 rings (SSSR count). The molecule has 4 fully saturated rings. The number of nitrogens with one attached hydrogen (secondary N) is 1. The molecule has 0 radical (unpaired) electrons. The Morgan fingerprint density at radius 3 is 1.56 bits per heavy atom. The molecule has 0 atom stereocenters. The average molecular weight is 222 g/mol. The molecule has 4 bridgehead atoms. The van der Waals surface area contributed by atoms with Gasteiger partial charge in [0.05, 0.1) is 40.0 Å². The van der Waals surface area contributed by atoms with Gasteiger partial charge in [0.25, 0.3) is 0 Å². The van der Waals surface area contributed by atoms with E-state index in [4.69, 9.17) is 0 Å². The van der Waals surface area contributed by atoms with Crippen molar-refractivity contribution in [3.63, 3.8) is 0 Å². The summed E-state index contributed by atoms with van der Waals surface area (Å²) in [6.45, 7) is 9.04. The fourth-order valence-corrected chi connectivity index (χ4v) is 2.58. The van der Waals surface area contributed by atoms with Crippen LogP contribution in [-0.2, 0) is 0 Å². The van der Waals surface area contributed by atoms with Crippen LogP contribution in [-0.4, -0.2) is 69.6 Å². The largest absolute Gasteiger partial charge is 0.349 e. The van der Waals surface area contributed by atoms with Gasteiger partial charge in [-0.25, -0.2) is 4.98 Å². The summed E-state index contributed by atoms with van der Waals surface area (Å²) in [6.07, 6.45) is 3.53. The molecule has 0 amide bonds. The van der Waals surface area contributed by atoms with Crippen molar-refractivity contribution >= 4 is 0 Å². The van der Waals surface area contributed by atoms with Gasteiger partial charge in [0, 0.05) is 12.4 Å². The normalized spacial score (nSPS) is 39.3. The molecule has 0 aromatic carbocycles. The Bertz CT molecular complexity index is 279. The van der Waals surface area contributed by atoms with Gasteiger partial charge in [0.15, 0.2) is 0 Å². The minimum atomic E-state index is 0.968. The molecule has 6 nitrogen and oxygen atoms in total. The van der Waals surface area contributed by atoms with Crippen molar-refractivity contribution in [3.05, 3.63) is 18.2 Å². The first kappa shape index (κ1) is 10.2. The number of nitrogens with zero attached hydrogens (tertiary/aromatic N) is 5. The number of imidazole rings is 1. The van der Waals surface area contributed by atoms with Crippen LogP contribution in [0.5, 0.6) is 0 Å². The zero-order valence-corrected chi connectivity index (χ0v) is 9.63. The van der Waals surface area contributed by atoms with Gasteiger partial charge in [-0.3, -0.25) is 19.6 Å². The monoisotopic (exact) mass is 222 g/mol. The highest BCUT2D eigenvalue weighted by atomic mass is 15.7. The molecule has 0 spiro atoms. The van der Waals surface area contributed by atoms with Crippen molar-refractivity contribution in [1.29, 1.82) is 0 Å². The zero-order chi connectivity index (χ0) is 11.0. The summed E-state index contributed by atoms with van der Waals surface area (Å²) in [5.41, 5.74) is 0. The van der Waals surface area contributed by atoms with E-state index in [-0.39, 0.29) is 0 Å². The first-order chi connectivity index (χ1) is 7.79. The Labute approximate surface area is 95.4 Å². The lowest BCUT2D eigenvalue weighted by Crippen LogP contribution is -2.71. The Morgan fingerprint density at radius 1 is 0.938 bits per heavy atom. The maximum absolute atomic E-state index is 3.86. The van der Waals surface area contributed by atoms with Gasteiger partial charge in [-0.15, -0.1) is 0 Å². The van der Waals surface area contributed by atoms with Crippen LogP contribution in [0.25, 0.3) is 0 Å². The molecular weight excluding hydrogens is 204 g/mol. The molecular formula is C10H18N6. The summed E-state index contributed by atoms with van der Waals surface area (Å²) < 4.78 is 0. The highest BCUT2D eigenvalue weighted by molar-refractivity contribution is 4.81. The predicted molar refractivity (Wildman–Crippen MR) is 59.9 cm³/mol. The quantitative estimate of drug-likeness (QED) is 0.652. The summed E-state index contributed by atoms with van der Waals surface area (Å²) >= 11 is 0. The molecule has 1 aromatic heterocycles. The lowest BCUT2D eigenvalue weighted by atomic mass is 10.4. The van der Waals surface area contributed by atoms with E-state index in [1.54, 1.807) is 12.4 Å². The van der Waals surface area contributed by atoms with E-state index in [0.717, 1.165) is 5.82 Å². The zero-order valence-electron chi connectivity index (χ0n) is 9.63.